The zero-order valence-electron chi connectivity index (χ0n) is 8.90. The average Bonchev–Trinajstić information content (AvgIpc) is 2.17. The minimum Gasteiger partial charge on any atom is -0.480 e. The fourth-order valence-corrected chi connectivity index (χ4v) is 0.998. The molecule has 1 heterocycles. The van der Waals surface area contributed by atoms with Crippen molar-refractivity contribution in [2.24, 2.45) is 0 Å². The maximum atomic E-state index is 11.6. The van der Waals surface area contributed by atoms with Gasteiger partial charge in [0.25, 0.3) is 5.91 Å². The van der Waals surface area contributed by atoms with E-state index < -0.39 is 22.8 Å². The summed E-state index contributed by atoms with van der Waals surface area (Å²) in [7, 11) is 0. The monoisotopic (exact) mass is 224 g/mol. The third-order valence-electron chi connectivity index (χ3n) is 2.03. The molecule has 0 aliphatic heterocycles. The van der Waals surface area contributed by atoms with Crippen LogP contribution in [0.1, 0.15) is 24.2 Å². The van der Waals surface area contributed by atoms with Crippen molar-refractivity contribution in [1.82, 2.24) is 10.3 Å². The molecular weight excluding hydrogens is 212 g/mol. The second-order valence-corrected chi connectivity index (χ2v) is 3.81. The summed E-state index contributed by atoms with van der Waals surface area (Å²) in [5.74, 6) is -1.89. The quantitative estimate of drug-likeness (QED) is 0.671. The van der Waals surface area contributed by atoms with Gasteiger partial charge < -0.3 is 15.4 Å². The van der Waals surface area contributed by atoms with Gasteiger partial charge in [-0.1, -0.05) is 0 Å². The Morgan fingerprint density at radius 1 is 1.44 bits per heavy atom. The molecule has 1 rings (SSSR count). The summed E-state index contributed by atoms with van der Waals surface area (Å²) in [5.41, 5.74) is -1.99. The van der Waals surface area contributed by atoms with Crippen LogP contribution in [0.5, 0.6) is 0 Å². The Hall–Kier alpha value is -2.11. The van der Waals surface area contributed by atoms with Crippen molar-refractivity contribution in [2.75, 3.05) is 0 Å². The van der Waals surface area contributed by atoms with Crippen LogP contribution in [0.15, 0.2) is 23.3 Å². The van der Waals surface area contributed by atoms with Crippen molar-refractivity contribution in [3.63, 3.8) is 0 Å². The fourth-order valence-electron chi connectivity index (χ4n) is 0.998. The molecule has 1 amide bonds. The van der Waals surface area contributed by atoms with Crippen molar-refractivity contribution in [3.8, 4) is 0 Å². The van der Waals surface area contributed by atoms with Gasteiger partial charge >= 0.3 is 5.97 Å². The van der Waals surface area contributed by atoms with E-state index in [4.69, 9.17) is 5.11 Å². The second kappa shape index (κ2) is 4.18. The lowest BCUT2D eigenvalue weighted by atomic mass is 10.1. The third-order valence-corrected chi connectivity index (χ3v) is 2.03. The van der Waals surface area contributed by atoms with E-state index in [1.54, 1.807) is 0 Å². The Morgan fingerprint density at radius 3 is 2.56 bits per heavy atom. The summed E-state index contributed by atoms with van der Waals surface area (Å²) in [5, 5.41) is 11.1. The zero-order valence-corrected chi connectivity index (χ0v) is 8.90. The minimum atomic E-state index is -1.42. The smallest absolute Gasteiger partial charge is 0.328 e. The van der Waals surface area contributed by atoms with Crippen LogP contribution in [-0.2, 0) is 4.79 Å². The number of pyridine rings is 1. The standard InChI is InChI=1S/C10H12N2O4/c1-10(2,9(15)16)12-8(14)6-5-11-4-3-7(6)13/h3-5H,1-2H3,(H,11,13)(H,12,14)(H,15,16). The predicted molar refractivity (Wildman–Crippen MR) is 56.2 cm³/mol. The molecule has 6 nitrogen and oxygen atoms in total. The summed E-state index contributed by atoms with van der Waals surface area (Å²) < 4.78 is 0. The van der Waals surface area contributed by atoms with Crippen LogP contribution in [0.3, 0.4) is 0 Å². The number of carbonyl (C=O) groups excluding carboxylic acids is 1. The Bertz CT molecular complexity index is 476. The molecule has 0 saturated heterocycles. The maximum absolute atomic E-state index is 11.6. The Morgan fingerprint density at radius 2 is 2.06 bits per heavy atom. The van der Waals surface area contributed by atoms with Gasteiger partial charge in [-0.25, -0.2) is 4.79 Å². The summed E-state index contributed by atoms with van der Waals surface area (Å²) in [6.07, 6.45) is 2.62. The average molecular weight is 224 g/mol. The highest BCUT2D eigenvalue weighted by molar-refractivity contribution is 5.97. The topological polar surface area (TPSA) is 99.3 Å². The summed E-state index contributed by atoms with van der Waals surface area (Å²) >= 11 is 0. The molecule has 1 aromatic rings. The molecule has 3 N–H and O–H groups in total. The van der Waals surface area contributed by atoms with E-state index in [0.29, 0.717) is 0 Å². The lowest BCUT2D eigenvalue weighted by Gasteiger charge is -2.20. The van der Waals surface area contributed by atoms with Crippen LogP contribution in [0, 0.1) is 0 Å². The van der Waals surface area contributed by atoms with Crippen molar-refractivity contribution >= 4 is 11.9 Å². The van der Waals surface area contributed by atoms with Crippen LogP contribution < -0.4 is 10.7 Å². The molecule has 0 radical (unpaired) electrons. The van der Waals surface area contributed by atoms with E-state index in [1.807, 2.05) is 0 Å². The lowest BCUT2D eigenvalue weighted by molar-refractivity contribution is -0.143. The molecule has 0 saturated carbocycles. The van der Waals surface area contributed by atoms with Gasteiger partial charge in [-0.2, -0.15) is 0 Å². The van der Waals surface area contributed by atoms with Gasteiger partial charge in [0.2, 0.25) is 0 Å². The molecule has 0 aromatic carbocycles. The van der Waals surface area contributed by atoms with Crippen molar-refractivity contribution in [3.05, 3.63) is 34.2 Å². The minimum absolute atomic E-state index is 0.114. The number of hydrogen-bond donors (Lipinski definition) is 3. The Balaban J connectivity index is 2.94. The molecule has 0 bridgehead atoms. The van der Waals surface area contributed by atoms with Crippen molar-refractivity contribution in [2.45, 2.75) is 19.4 Å². The summed E-state index contributed by atoms with van der Waals surface area (Å²) in [6, 6.07) is 1.20. The van der Waals surface area contributed by atoms with Gasteiger partial charge in [-0.05, 0) is 13.8 Å². The molecular formula is C10H12N2O4. The van der Waals surface area contributed by atoms with Crippen LogP contribution in [-0.4, -0.2) is 27.5 Å². The molecule has 0 unspecified atom stereocenters. The maximum Gasteiger partial charge on any atom is 0.328 e. The van der Waals surface area contributed by atoms with Crippen LogP contribution >= 0.6 is 0 Å². The third kappa shape index (κ3) is 2.47. The first kappa shape index (κ1) is 12.0. The van der Waals surface area contributed by atoms with E-state index in [-0.39, 0.29) is 5.56 Å². The zero-order chi connectivity index (χ0) is 12.3. The Labute approximate surface area is 91.3 Å². The van der Waals surface area contributed by atoms with E-state index in [9.17, 15) is 14.4 Å². The summed E-state index contributed by atoms with van der Waals surface area (Å²) in [6.45, 7) is 2.68. The van der Waals surface area contributed by atoms with Crippen molar-refractivity contribution in [1.29, 1.82) is 0 Å². The molecule has 0 aliphatic rings. The number of aliphatic carboxylic acids is 1. The van der Waals surface area contributed by atoms with Gasteiger partial charge in [0.05, 0.1) is 0 Å². The highest BCUT2D eigenvalue weighted by atomic mass is 16.4. The first-order chi connectivity index (χ1) is 7.34. The Kier molecular flexibility index (Phi) is 3.12. The SMILES string of the molecule is CC(C)(NC(=O)c1c[nH]ccc1=O)C(=O)O. The molecule has 0 spiro atoms. The molecule has 1 aromatic heterocycles. The van der Waals surface area contributed by atoms with Gasteiger partial charge in [0.1, 0.15) is 11.1 Å². The van der Waals surface area contributed by atoms with Crippen LogP contribution in [0.25, 0.3) is 0 Å². The normalized spacial score (nSPS) is 10.9. The number of carbonyl (C=O) groups is 2. The molecule has 0 aliphatic carbocycles. The summed E-state index contributed by atoms with van der Waals surface area (Å²) in [4.78, 5) is 36.2. The number of hydrogen-bond acceptors (Lipinski definition) is 3. The van der Waals surface area contributed by atoms with E-state index in [2.05, 4.69) is 10.3 Å². The van der Waals surface area contributed by atoms with Gasteiger partial charge in [-0.3, -0.25) is 9.59 Å². The number of carboxylic acids is 1. The molecule has 16 heavy (non-hydrogen) atoms. The van der Waals surface area contributed by atoms with E-state index in [0.717, 1.165) is 0 Å². The van der Waals surface area contributed by atoms with Gasteiger partial charge in [-0.15, -0.1) is 0 Å². The number of H-pyrrole nitrogens is 1. The molecule has 0 fully saturated rings. The van der Waals surface area contributed by atoms with Crippen LogP contribution in [0.4, 0.5) is 0 Å². The van der Waals surface area contributed by atoms with Crippen molar-refractivity contribution < 1.29 is 14.7 Å². The lowest BCUT2D eigenvalue weighted by Crippen LogP contribution is -2.50. The second-order valence-electron chi connectivity index (χ2n) is 3.81. The fraction of sp³-hybridized carbons (Fsp3) is 0.300. The highest BCUT2D eigenvalue weighted by Crippen LogP contribution is 2.03. The largest absolute Gasteiger partial charge is 0.480 e. The number of rotatable bonds is 3. The number of carboxylic acid groups (broad SMARTS) is 1. The molecule has 6 heteroatoms. The van der Waals surface area contributed by atoms with Gasteiger partial charge in [0, 0.05) is 18.5 Å². The predicted octanol–water partition coefficient (Wildman–Crippen LogP) is -0.0321. The van der Waals surface area contributed by atoms with Gasteiger partial charge in [0.15, 0.2) is 5.43 Å². The number of aromatic nitrogens is 1. The first-order valence-corrected chi connectivity index (χ1v) is 4.57. The first-order valence-electron chi connectivity index (χ1n) is 4.57. The highest BCUT2D eigenvalue weighted by Gasteiger charge is 2.29. The molecule has 86 valence electrons. The number of aromatic amines is 1. The molecule has 0 atom stereocenters. The van der Waals surface area contributed by atoms with E-state index >= 15 is 0 Å². The number of nitrogens with one attached hydrogen (secondary N) is 2. The van der Waals surface area contributed by atoms with E-state index in [1.165, 1.54) is 32.3 Å². The van der Waals surface area contributed by atoms with Crippen LogP contribution in [0.2, 0.25) is 0 Å². The number of amides is 1.